The van der Waals surface area contributed by atoms with E-state index in [4.69, 9.17) is 33.7 Å². The molecule has 0 bridgehead atoms. The van der Waals surface area contributed by atoms with Gasteiger partial charge in [-0.2, -0.15) is 0 Å². The van der Waals surface area contributed by atoms with Crippen molar-refractivity contribution in [1.82, 2.24) is 0 Å². The van der Waals surface area contributed by atoms with Crippen molar-refractivity contribution in [2.45, 2.75) is 19.1 Å². The van der Waals surface area contributed by atoms with Crippen LogP contribution in [0, 0.1) is 0 Å². The average Bonchev–Trinajstić information content (AvgIpc) is 2.41. The first-order valence-electron chi connectivity index (χ1n) is 4.12. The minimum absolute atomic E-state index is 0.0886. The zero-order chi connectivity index (χ0) is 10.5. The Bertz CT molecular complexity index is 397. The third-order valence-corrected chi connectivity index (χ3v) is 3.85. The summed E-state index contributed by atoms with van der Waals surface area (Å²) in [5.41, 5.74) is 6.73. The first kappa shape index (κ1) is 10.6. The molecule has 76 valence electrons. The van der Waals surface area contributed by atoms with E-state index in [0.717, 1.165) is 10.0 Å². The van der Waals surface area contributed by atoms with E-state index in [-0.39, 0.29) is 12.1 Å². The number of fused-ring (bicyclic) bond motifs is 1. The Balaban J connectivity index is 2.67. The summed E-state index contributed by atoms with van der Waals surface area (Å²) in [6, 6.07) is 1.50. The van der Waals surface area contributed by atoms with Crippen LogP contribution in [0.25, 0.3) is 0 Å². The van der Waals surface area contributed by atoms with Crippen molar-refractivity contribution in [2.75, 3.05) is 0 Å². The zero-order valence-electron chi connectivity index (χ0n) is 7.35. The first-order chi connectivity index (χ1) is 6.52. The summed E-state index contributed by atoms with van der Waals surface area (Å²) >= 11 is 15.4. The molecule has 5 heteroatoms. The Labute approximate surface area is 100 Å². The lowest BCUT2D eigenvalue weighted by molar-refractivity contribution is 0.228. The van der Waals surface area contributed by atoms with Gasteiger partial charge in [-0.15, -0.1) is 0 Å². The number of rotatable bonds is 0. The van der Waals surface area contributed by atoms with Crippen LogP contribution in [0.3, 0.4) is 0 Å². The Kier molecular flexibility index (Phi) is 2.68. The molecular formula is C9H8BrCl2NO. The standard InChI is InChI=1S/C9H8BrCl2NO/c1-3-8(13)6-7(12)4(10)2-5(11)9(6)14-3/h2-3,8H,13H2,1H3. The molecule has 2 unspecified atom stereocenters. The Hall–Kier alpha value is 0.0400. The van der Waals surface area contributed by atoms with Gasteiger partial charge in [0.05, 0.1) is 16.1 Å². The fraction of sp³-hybridized carbons (Fsp3) is 0.333. The van der Waals surface area contributed by atoms with Gasteiger partial charge in [0.15, 0.2) is 0 Å². The molecule has 0 saturated carbocycles. The molecule has 2 atom stereocenters. The molecular weight excluding hydrogens is 289 g/mol. The SMILES string of the molecule is CC1Oc2c(Cl)cc(Br)c(Cl)c2C1N. The normalized spacial score (nSPS) is 24.6. The molecule has 0 saturated heterocycles. The zero-order valence-corrected chi connectivity index (χ0v) is 10.4. The van der Waals surface area contributed by atoms with Gasteiger partial charge in [0.25, 0.3) is 0 Å². The summed E-state index contributed by atoms with van der Waals surface area (Å²) in [5, 5.41) is 1.12. The molecule has 0 spiro atoms. The van der Waals surface area contributed by atoms with Gasteiger partial charge in [-0.05, 0) is 28.9 Å². The number of halogens is 3. The Morgan fingerprint density at radius 3 is 2.79 bits per heavy atom. The Morgan fingerprint density at radius 1 is 1.50 bits per heavy atom. The molecule has 1 aliphatic rings. The van der Waals surface area contributed by atoms with Gasteiger partial charge in [-0.25, -0.2) is 0 Å². The fourth-order valence-corrected chi connectivity index (χ4v) is 2.60. The molecule has 0 fully saturated rings. The highest BCUT2D eigenvalue weighted by atomic mass is 79.9. The van der Waals surface area contributed by atoms with E-state index < -0.39 is 0 Å². The summed E-state index contributed by atoms with van der Waals surface area (Å²) in [6.45, 7) is 1.89. The van der Waals surface area contributed by atoms with Crippen LogP contribution in [0.2, 0.25) is 10.0 Å². The monoisotopic (exact) mass is 295 g/mol. The molecule has 1 aromatic rings. The molecule has 0 aromatic heterocycles. The number of hydrogen-bond acceptors (Lipinski definition) is 2. The van der Waals surface area contributed by atoms with Crippen molar-refractivity contribution in [3.8, 4) is 5.75 Å². The van der Waals surface area contributed by atoms with Crippen LogP contribution in [-0.4, -0.2) is 6.10 Å². The fourth-order valence-electron chi connectivity index (χ4n) is 1.51. The second-order valence-corrected chi connectivity index (χ2v) is 4.89. The topological polar surface area (TPSA) is 35.2 Å². The number of nitrogens with two attached hydrogens (primary N) is 1. The van der Waals surface area contributed by atoms with Crippen molar-refractivity contribution in [1.29, 1.82) is 0 Å². The molecule has 2 nitrogen and oxygen atoms in total. The van der Waals surface area contributed by atoms with Gasteiger partial charge in [-0.3, -0.25) is 0 Å². The quantitative estimate of drug-likeness (QED) is 0.743. The van der Waals surface area contributed by atoms with Crippen molar-refractivity contribution >= 4 is 39.1 Å². The molecule has 1 heterocycles. The van der Waals surface area contributed by atoms with Crippen LogP contribution in [0.15, 0.2) is 10.5 Å². The molecule has 1 aromatic carbocycles. The third kappa shape index (κ3) is 1.43. The molecule has 0 aliphatic carbocycles. The lowest BCUT2D eigenvalue weighted by Crippen LogP contribution is -2.21. The van der Waals surface area contributed by atoms with Gasteiger partial charge in [-0.1, -0.05) is 23.2 Å². The maximum absolute atomic E-state index is 6.11. The van der Waals surface area contributed by atoms with Crippen LogP contribution < -0.4 is 10.5 Å². The van der Waals surface area contributed by atoms with Crippen molar-refractivity contribution in [3.63, 3.8) is 0 Å². The van der Waals surface area contributed by atoms with E-state index in [2.05, 4.69) is 15.9 Å². The van der Waals surface area contributed by atoms with E-state index in [9.17, 15) is 0 Å². The van der Waals surface area contributed by atoms with Crippen LogP contribution >= 0.6 is 39.1 Å². The van der Waals surface area contributed by atoms with E-state index >= 15 is 0 Å². The highest BCUT2D eigenvalue weighted by Crippen LogP contribution is 2.47. The smallest absolute Gasteiger partial charge is 0.144 e. The number of ether oxygens (including phenoxy) is 1. The minimum Gasteiger partial charge on any atom is -0.487 e. The first-order valence-corrected chi connectivity index (χ1v) is 5.67. The van der Waals surface area contributed by atoms with Gasteiger partial charge in [0.2, 0.25) is 0 Å². The van der Waals surface area contributed by atoms with E-state index in [1.807, 2.05) is 6.92 Å². The van der Waals surface area contributed by atoms with Crippen LogP contribution in [0.1, 0.15) is 18.5 Å². The molecule has 1 aliphatic heterocycles. The summed E-state index contributed by atoms with van der Waals surface area (Å²) in [6.07, 6.45) is -0.0886. The third-order valence-electron chi connectivity index (χ3n) is 2.30. The van der Waals surface area contributed by atoms with Gasteiger partial charge >= 0.3 is 0 Å². The molecule has 2 N–H and O–H groups in total. The lowest BCUT2D eigenvalue weighted by Gasteiger charge is -2.08. The van der Waals surface area contributed by atoms with Crippen molar-refractivity contribution < 1.29 is 4.74 Å². The van der Waals surface area contributed by atoms with Crippen molar-refractivity contribution in [2.24, 2.45) is 5.73 Å². The number of benzene rings is 1. The lowest BCUT2D eigenvalue weighted by atomic mass is 10.1. The van der Waals surface area contributed by atoms with E-state index in [1.165, 1.54) is 0 Å². The summed E-state index contributed by atoms with van der Waals surface area (Å²) in [7, 11) is 0. The highest BCUT2D eigenvalue weighted by molar-refractivity contribution is 9.10. The highest BCUT2D eigenvalue weighted by Gasteiger charge is 2.33. The van der Waals surface area contributed by atoms with Crippen molar-refractivity contribution in [3.05, 3.63) is 26.1 Å². The summed E-state index contributed by atoms with van der Waals surface area (Å²) in [5.74, 6) is 0.611. The van der Waals surface area contributed by atoms with E-state index in [0.29, 0.717) is 15.8 Å². The maximum atomic E-state index is 6.11. The molecule has 0 amide bonds. The molecule has 0 radical (unpaired) electrons. The Morgan fingerprint density at radius 2 is 2.14 bits per heavy atom. The predicted molar refractivity (Wildman–Crippen MR) is 61.2 cm³/mol. The van der Waals surface area contributed by atoms with Crippen LogP contribution in [-0.2, 0) is 0 Å². The molecule has 2 rings (SSSR count). The van der Waals surface area contributed by atoms with Gasteiger partial charge < -0.3 is 10.5 Å². The second-order valence-electron chi connectivity index (χ2n) is 3.25. The van der Waals surface area contributed by atoms with Crippen LogP contribution in [0.4, 0.5) is 0 Å². The maximum Gasteiger partial charge on any atom is 0.144 e. The summed E-state index contributed by atoms with van der Waals surface area (Å²) in [4.78, 5) is 0. The van der Waals surface area contributed by atoms with Gasteiger partial charge in [0.1, 0.15) is 11.9 Å². The number of hydrogen-bond donors (Lipinski definition) is 1. The van der Waals surface area contributed by atoms with Crippen LogP contribution in [0.5, 0.6) is 5.75 Å². The summed E-state index contributed by atoms with van der Waals surface area (Å²) < 4.78 is 6.27. The van der Waals surface area contributed by atoms with Gasteiger partial charge in [0, 0.05) is 10.0 Å². The van der Waals surface area contributed by atoms with E-state index in [1.54, 1.807) is 6.07 Å². The second kappa shape index (κ2) is 3.56. The predicted octanol–water partition coefficient (Wildman–Crippen LogP) is 3.54. The largest absolute Gasteiger partial charge is 0.487 e. The minimum atomic E-state index is -0.215. The molecule has 14 heavy (non-hydrogen) atoms. The average molecular weight is 297 g/mol.